The Morgan fingerprint density at radius 3 is 1.36 bits per heavy atom. The van der Waals surface area contributed by atoms with Gasteiger partial charge >= 0.3 is 0 Å². The van der Waals surface area contributed by atoms with Crippen LogP contribution in [-0.2, 0) is 4.79 Å². The molecule has 0 aromatic heterocycles. The van der Waals surface area contributed by atoms with Crippen LogP contribution in [0.1, 0.15) is 23.0 Å². The van der Waals surface area contributed by atoms with E-state index in [1.165, 1.54) is 0 Å². The Morgan fingerprint density at radius 1 is 0.714 bits per heavy atom. The van der Waals surface area contributed by atoms with Crippen LogP contribution in [0.2, 0.25) is 0 Å². The third-order valence-electron chi connectivity index (χ3n) is 4.62. The van der Waals surface area contributed by atoms with E-state index in [0.717, 1.165) is 11.1 Å². The van der Waals surface area contributed by atoms with Crippen LogP contribution >= 0.6 is 31.9 Å². The molecule has 0 fully saturated rings. The van der Waals surface area contributed by atoms with E-state index in [2.05, 4.69) is 31.9 Å². The van der Waals surface area contributed by atoms with Gasteiger partial charge in [0.25, 0.3) is 0 Å². The van der Waals surface area contributed by atoms with Gasteiger partial charge in [0.1, 0.15) is 5.78 Å². The van der Waals surface area contributed by atoms with E-state index in [9.17, 15) is 4.79 Å². The normalized spacial score (nSPS) is 12.8. The molecule has 28 heavy (non-hydrogen) atoms. The van der Waals surface area contributed by atoms with E-state index in [0.29, 0.717) is 33.7 Å². The summed E-state index contributed by atoms with van der Waals surface area (Å²) in [6.07, 6.45) is 0. The summed E-state index contributed by atoms with van der Waals surface area (Å²) < 4.78 is 21.4. The number of rotatable bonds is 10. The number of hydrogen-bond acceptors (Lipinski definition) is 5. The van der Waals surface area contributed by atoms with Crippen molar-refractivity contribution < 1.29 is 23.7 Å². The highest BCUT2D eigenvalue weighted by atomic mass is 79.9. The highest BCUT2D eigenvalue weighted by molar-refractivity contribution is 9.09. The number of ketones is 1. The van der Waals surface area contributed by atoms with Crippen LogP contribution in [-0.4, -0.2) is 44.9 Å². The second-order valence-electron chi connectivity index (χ2n) is 6.04. The average molecular weight is 516 g/mol. The number of methoxy groups -OCH3 is 4. The van der Waals surface area contributed by atoms with Crippen molar-refractivity contribution in [3.05, 3.63) is 47.5 Å². The smallest absolute Gasteiger partial charge is 0.161 e. The topological polar surface area (TPSA) is 54.0 Å². The quantitative estimate of drug-likeness (QED) is 0.419. The molecule has 0 radical (unpaired) electrons. The molecule has 0 spiro atoms. The molecule has 7 heteroatoms. The van der Waals surface area contributed by atoms with Gasteiger partial charge in [0.15, 0.2) is 23.0 Å². The summed E-state index contributed by atoms with van der Waals surface area (Å²) in [4.78, 5) is 13.4. The van der Waals surface area contributed by atoms with Gasteiger partial charge in [0, 0.05) is 10.7 Å². The van der Waals surface area contributed by atoms with Gasteiger partial charge in [-0.1, -0.05) is 44.0 Å². The SMILES string of the molecule is COc1ccc(C(CBr)C(=O)C(CBr)c2ccc(OC)c(OC)c2)cc1OC. The lowest BCUT2D eigenvalue weighted by molar-refractivity contribution is -0.121. The molecule has 2 aromatic rings. The molecule has 2 aromatic carbocycles. The zero-order chi connectivity index (χ0) is 20.7. The third kappa shape index (κ3) is 4.81. The van der Waals surface area contributed by atoms with E-state index in [1.807, 2.05) is 36.4 Å². The molecule has 0 aliphatic heterocycles. The van der Waals surface area contributed by atoms with Crippen LogP contribution < -0.4 is 18.9 Å². The van der Waals surface area contributed by atoms with Crippen molar-refractivity contribution in [1.82, 2.24) is 0 Å². The first-order valence-corrected chi connectivity index (χ1v) is 10.9. The van der Waals surface area contributed by atoms with E-state index in [1.54, 1.807) is 28.4 Å². The minimum Gasteiger partial charge on any atom is -0.493 e. The van der Waals surface area contributed by atoms with Crippen LogP contribution in [0.3, 0.4) is 0 Å². The first-order chi connectivity index (χ1) is 13.5. The Morgan fingerprint density at radius 2 is 1.07 bits per heavy atom. The van der Waals surface area contributed by atoms with Crippen molar-refractivity contribution in [1.29, 1.82) is 0 Å². The molecule has 0 aliphatic rings. The van der Waals surface area contributed by atoms with Crippen LogP contribution in [0.5, 0.6) is 23.0 Å². The number of Topliss-reactive ketones (excluding diaryl/α,β-unsaturated/α-hetero) is 1. The van der Waals surface area contributed by atoms with Crippen LogP contribution in [0, 0.1) is 0 Å². The minimum absolute atomic E-state index is 0.0909. The summed E-state index contributed by atoms with van der Waals surface area (Å²) >= 11 is 7.01. The van der Waals surface area contributed by atoms with Gasteiger partial charge in [-0.25, -0.2) is 0 Å². The molecule has 0 amide bonds. The number of carbonyl (C=O) groups excluding carboxylic acids is 1. The molecule has 2 unspecified atom stereocenters. The summed E-state index contributed by atoms with van der Waals surface area (Å²) in [6.45, 7) is 0. The molecule has 152 valence electrons. The fourth-order valence-electron chi connectivity index (χ4n) is 3.04. The summed E-state index contributed by atoms with van der Waals surface area (Å²) in [5.41, 5.74) is 1.73. The fourth-order valence-corrected chi connectivity index (χ4v) is 4.43. The number of carbonyl (C=O) groups is 1. The van der Waals surface area contributed by atoms with Gasteiger partial charge in [0.05, 0.1) is 40.3 Å². The first kappa shape index (κ1) is 22.6. The number of ether oxygens (including phenoxy) is 4. The summed E-state index contributed by atoms with van der Waals surface area (Å²) in [6, 6.07) is 11.1. The Balaban J connectivity index is 2.39. The van der Waals surface area contributed by atoms with Gasteiger partial charge in [0.2, 0.25) is 0 Å². The zero-order valence-corrected chi connectivity index (χ0v) is 19.5. The molecule has 2 rings (SSSR count). The molecule has 0 aliphatic carbocycles. The molecule has 0 heterocycles. The van der Waals surface area contributed by atoms with E-state index < -0.39 is 0 Å². The molecule has 0 saturated heterocycles. The van der Waals surface area contributed by atoms with Crippen molar-refractivity contribution in [2.45, 2.75) is 11.8 Å². The predicted octanol–water partition coefficient (Wildman–Crippen LogP) is 4.95. The van der Waals surface area contributed by atoms with E-state index in [-0.39, 0.29) is 17.6 Å². The van der Waals surface area contributed by atoms with Crippen LogP contribution in [0.15, 0.2) is 36.4 Å². The van der Waals surface area contributed by atoms with Crippen LogP contribution in [0.4, 0.5) is 0 Å². The monoisotopic (exact) mass is 514 g/mol. The highest BCUT2D eigenvalue weighted by Gasteiger charge is 2.29. The molecule has 2 atom stereocenters. The zero-order valence-electron chi connectivity index (χ0n) is 16.3. The molecule has 0 bridgehead atoms. The maximum absolute atomic E-state index is 13.4. The number of alkyl halides is 2. The van der Waals surface area contributed by atoms with E-state index >= 15 is 0 Å². The summed E-state index contributed by atoms with van der Waals surface area (Å²) in [7, 11) is 6.33. The Bertz CT molecular complexity index is 744. The Labute approximate surface area is 182 Å². The van der Waals surface area contributed by atoms with E-state index in [4.69, 9.17) is 18.9 Å². The molecule has 0 N–H and O–H groups in total. The molecular formula is C21H24Br2O5. The van der Waals surface area contributed by atoms with Gasteiger partial charge in [-0.2, -0.15) is 0 Å². The number of benzene rings is 2. The Kier molecular flexibility index (Phi) is 8.63. The van der Waals surface area contributed by atoms with Gasteiger partial charge in [-0.05, 0) is 35.4 Å². The van der Waals surface area contributed by atoms with Crippen LogP contribution in [0.25, 0.3) is 0 Å². The molecular weight excluding hydrogens is 492 g/mol. The lowest BCUT2D eigenvalue weighted by Gasteiger charge is -2.22. The van der Waals surface area contributed by atoms with Gasteiger partial charge in [-0.15, -0.1) is 0 Å². The molecule has 0 saturated carbocycles. The van der Waals surface area contributed by atoms with Gasteiger partial charge in [-0.3, -0.25) is 4.79 Å². The fraction of sp³-hybridized carbons (Fsp3) is 0.381. The van der Waals surface area contributed by atoms with Crippen molar-refractivity contribution in [3.63, 3.8) is 0 Å². The van der Waals surface area contributed by atoms with Crippen molar-refractivity contribution in [2.75, 3.05) is 39.1 Å². The van der Waals surface area contributed by atoms with Gasteiger partial charge < -0.3 is 18.9 Å². The number of halogens is 2. The third-order valence-corrected chi connectivity index (χ3v) is 5.91. The second-order valence-corrected chi connectivity index (χ2v) is 7.34. The summed E-state index contributed by atoms with van der Waals surface area (Å²) in [5, 5.41) is 0.996. The standard InChI is InChI=1S/C21H24Br2O5/c1-25-17-7-5-13(9-19(17)27-3)15(11-22)21(24)16(12-23)14-6-8-18(26-2)20(10-14)28-4/h5-10,15-16H,11-12H2,1-4H3. The lowest BCUT2D eigenvalue weighted by Crippen LogP contribution is -2.23. The largest absolute Gasteiger partial charge is 0.493 e. The maximum atomic E-state index is 13.4. The summed E-state index contributed by atoms with van der Waals surface area (Å²) in [5.74, 6) is 1.87. The average Bonchev–Trinajstić information content (AvgIpc) is 2.74. The van der Waals surface area contributed by atoms with Crippen molar-refractivity contribution >= 4 is 37.6 Å². The molecule has 5 nitrogen and oxygen atoms in total. The highest BCUT2D eigenvalue weighted by Crippen LogP contribution is 2.37. The Hall–Kier alpha value is -1.73. The second kappa shape index (κ2) is 10.7. The number of hydrogen-bond donors (Lipinski definition) is 0. The van der Waals surface area contributed by atoms with Crippen molar-refractivity contribution in [2.24, 2.45) is 0 Å². The van der Waals surface area contributed by atoms with Crippen molar-refractivity contribution in [3.8, 4) is 23.0 Å². The maximum Gasteiger partial charge on any atom is 0.161 e. The predicted molar refractivity (Wildman–Crippen MR) is 117 cm³/mol. The lowest BCUT2D eigenvalue weighted by atomic mass is 9.85. The first-order valence-electron chi connectivity index (χ1n) is 8.64. The minimum atomic E-state index is -0.338.